The second-order valence-electron chi connectivity index (χ2n) is 6.86. The number of rotatable bonds is 6. The Bertz CT molecular complexity index is 1060. The van der Waals surface area contributed by atoms with E-state index in [1.165, 1.54) is 6.92 Å². The zero-order valence-corrected chi connectivity index (χ0v) is 16.9. The van der Waals surface area contributed by atoms with Crippen molar-refractivity contribution in [3.63, 3.8) is 0 Å². The third kappa shape index (κ3) is 3.71. The van der Waals surface area contributed by atoms with E-state index in [9.17, 15) is 9.59 Å². The fourth-order valence-electron chi connectivity index (χ4n) is 3.48. The maximum atomic E-state index is 12.7. The van der Waals surface area contributed by atoms with Gasteiger partial charge in [-0.25, -0.2) is 4.98 Å². The number of nitrogens with one attached hydrogen (secondary N) is 1. The van der Waals surface area contributed by atoms with Crippen LogP contribution in [0.25, 0.3) is 22.1 Å². The second kappa shape index (κ2) is 7.98. The summed E-state index contributed by atoms with van der Waals surface area (Å²) in [5.74, 6) is 1.03. The summed E-state index contributed by atoms with van der Waals surface area (Å²) >= 11 is 0. The first-order valence-corrected chi connectivity index (χ1v) is 9.46. The first kappa shape index (κ1) is 19.8. The number of nitrogens with zero attached hydrogens (tertiary/aromatic N) is 3. The van der Waals surface area contributed by atoms with E-state index in [2.05, 4.69) is 36.0 Å². The molecule has 3 aromatic heterocycles. The molecule has 0 saturated heterocycles. The van der Waals surface area contributed by atoms with E-state index < -0.39 is 0 Å². The summed E-state index contributed by atoms with van der Waals surface area (Å²) < 4.78 is 7.75. The molecule has 3 heterocycles. The van der Waals surface area contributed by atoms with Gasteiger partial charge in [0.1, 0.15) is 17.2 Å². The molecule has 1 unspecified atom stereocenters. The van der Waals surface area contributed by atoms with Gasteiger partial charge < -0.3 is 14.3 Å². The Morgan fingerprint density at radius 3 is 2.68 bits per heavy atom. The number of carbonyl (C=O) groups excluding carboxylic acids is 1. The highest BCUT2D eigenvalue weighted by molar-refractivity contribution is 5.93. The zero-order chi connectivity index (χ0) is 20.4. The lowest BCUT2D eigenvalue weighted by Crippen LogP contribution is -2.26. The van der Waals surface area contributed by atoms with Crippen LogP contribution in [0.3, 0.4) is 0 Å². The number of furan rings is 1. The number of carbonyl (C=O) groups is 1. The van der Waals surface area contributed by atoms with Gasteiger partial charge in [0, 0.05) is 31.9 Å². The molecule has 3 aromatic rings. The first-order chi connectivity index (χ1) is 13.3. The standard InChI is InChI=1S/C21H26N4O3/c1-6-25(7-2)13(3)18-11-16-20(28-18)17(12-24(5)21(16)27)15-8-9-22-19(10-15)23-14(4)26/h8-13H,6-7H2,1-5H3,(H,22,23,26). The largest absolute Gasteiger partial charge is 0.458 e. The summed E-state index contributed by atoms with van der Waals surface area (Å²) in [7, 11) is 1.72. The number of amides is 1. The average molecular weight is 382 g/mol. The molecular weight excluding hydrogens is 356 g/mol. The molecular formula is C21H26N4O3. The highest BCUT2D eigenvalue weighted by Gasteiger charge is 2.21. The molecule has 0 radical (unpaired) electrons. The molecule has 0 aliphatic rings. The van der Waals surface area contributed by atoms with Gasteiger partial charge in [0.25, 0.3) is 5.56 Å². The summed E-state index contributed by atoms with van der Waals surface area (Å²) in [6.07, 6.45) is 3.38. The number of anilines is 1. The summed E-state index contributed by atoms with van der Waals surface area (Å²) in [6.45, 7) is 9.51. The predicted molar refractivity (Wildman–Crippen MR) is 110 cm³/mol. The van der Waals surface area contributed by atoms with E-state index in [-0.39, 0.29) is 17.5 Å². The van der Waals surface area contributed by atoms with Gasteiger partial charge in [0.15, 0.2) is 0 Å². The SMILES string of the molecule is CCN(CC)C(C)c1cc2c(=O)n(C)cc(-c3ccnc(NC(C)=O)c3)c2o1. The van der Waals surface area contributed by atoms with Crippen LogP contribution < -0.4 is 10.9 Å². The van der Waals surface area contributed by atoms with E-state index in [0.717, 1.165) is 30.0 Å². The fraction of sp³-hybridized carbons (Fsp3) is 0.381. The Labute approximate surface area is 164 Å². The average Bonchev–Trinajstić information content (AvgIpc) is 3.11. The molecule has 148 valence electrons. The molecule has 0 fully saturated rings. The number of hydrogen-bond acceptors (Lipinski definition) is 5. The normalized spacial score (nSPS) is 12.5. The molecule has 3 rings (SSSR count). The van der Waals surface area contributed by atoms with Crippen LogP contribution in [0.2, 0.25) is 0 Å². The Balaban J connectivity index is 2.17. The minimum atomic E-state index is -0.191. The van der Waals surface area contributed by atoms with E-state index >= 15 is 0 Å². The number of pyridine rings is 2. The van der Waals surface area contributed by atoms with Crippen molar-refractivity contribution >= 4 is 22.7 Å². The Morgan fingerprint density at radius 2 is 2.04 bits per heavy atom. The lowest BCUT2D eigenvalue weighted by Gasteiger charge is -2.24. The summed E-state index contributed by atoms with van der Waals surface area (Å²) in [4.78, 5) is 30.5. The summed E-state index contributed by atoms with van der Waals surface area (Å²) in [6, 6.07) is 5.52. The van der Waals surface area contributed by atoms with Crippen LogP contribution in [-0.2, 0) is 11.8 Å². The van der Waals surface area contributed by atoms with Crippen LogP contribution in [0.1, 0.15) is 39.5 Å². The van der Waals surface area contributed by atoms with Crippen molar-refractivity contribution in [2.24, 2.45) is 7.05 Å². The van der Waals surface area contributed by atoms with Crippen molar-refractivity contribution < 1.29 is 9.21 Å². The van der Waals surface area contributed by atoms with Gasteiger partial charge in [0.2, 0.25) is 5.91 Å². The molecule has 1 N–H and O–H groups in total. The van der Waals surface area contributed by atoms with Crippen LogP contribution in [0, 0.1) is 0 Å². The highest BCUT2D eigenvalue weighted by Crippen LogP contribution is 2.33. The second-order valence-corrected chi connectivity index (χ2v) is 6.86. The van der Waals surface area contributed by atoms with Crippen molar-refractivity contribution in [1.82, 2.24) is 14.5 Å². The minimum Gasteiger partial charge on any atom is -0.458 e. The predicted octanol–water partition coefficient (Wildman–Crippen LogP) is 3.55. The molecule has 1 atom stereocenters. The van der Waals surface area contributed by atoms with Crippen LogP contribution in [0.5, 0.6) is 0 Å². The van der Waals surface area contributed by atoms with Crippen LogP contribution >= 0.6 is 0 Å². The molecule has 0 spiro atoms. The van der Waals surface area contributed by atoms with Crippen molar-refractivity contribution in [2.75, 3.05) is 18.4 Å². The highest BCUT2D eigenvalue weighted by atomic mass is 16.3. The fourth-order valence-corrected chi connectivity index (χ4v) is 3.48. The Hall–Kier alpha value is -2.93. The number of aryl methyl sites for hydroxylation is 1. The van der Waals surface area contributed by atoms with E-state index in [1.807, 2.05) is 12.1 Å². The van der Waals surface area contributed by atoms with Gasteiger partial charge in [-0.2, -0.15) is 0 Å². The van der Waals surface area contributed by atoms with Crippen molar-refractivity contribution in [3.05, 3.63) is 46.7 Å². The van der Waals surface area contributed by atoms with Gasteiger partial charge in [0.05, 0.1) is 11.4 Å². The lowest BCUT2D eigenvalue weighted by atomic mass is 10.1. The number of fused-ring (bicyclic) bond motifs is 1. The molecule has 7 heteroatoms. The lowest BCUT2D eigenvalue weighted by molar-refractivity contribution is -0.114. The van der Waals surface area contributed by atoms with E-state index in [0.29, 0.717) is 16.8 Å². The molecule has 7 nitrogen and oxygen atoms in total. The molecule has 0 aliphatic carbocycles. The van der Waals surface area contributed by atoms with Gasteiger partial charge in [-0.1, -0.05) is 13.8 Å². The van der Waals surface area contributed by atoms with Crippen LogP contribution in [0.4, 0.5) is 5.82 Å². The summed E-state index contributed by atoms with van der Waals surface area (Å²) in [5.41, 5.74) is 2.05. The van der Waals surface area contributed by atoms with Gasteiger partial charge in [-0.3, -0.25) is 14.5 Å². The number of hydrogen-bond donors (Lipinski definition) is 1. The quantitative estimate of drug-likeness (QED) is 0.705. The third-order valence-electron chi connectivity index (χ3n) is 5.02. The molecule has 0 aliphatic heterocycles. The van der Waals surface area contributed by atoms with E-state index in [1.54, 1.807) is 30.1 Å². The summed E-state index contributed by atoms with van der Waals surface area (Å²) in [5, 5.41) is 3.23. The molecule has 28 heavy (non-hydrogen) atoms. The van der Waals surface area contributed by atoms with Crippen molar-refractivity contribution in [2.45, 2.75) is 33.7 Å². The van der Waals surface area contributed by atoms with Gasteiger partial charge in [-0.15, -0.1) is 0 Å². The first-order valence-electron chi connectivity index (χ1n) is 9.46. The van der Waals surface area contributed by atoms with Crippen molar-refractivity contribution in [3.8, 4) is 11.1 Å². The Morgan fingerprint density at radius 1 is 1.32 bits per heavy atom. The molecule has 0 aromatic carbocycles. The zero-order valence-electron chi connectivity index (χ0n) is 16.9. The minimum absolute atomic E-state index is 0.0623. The van der Waals surface area contributed by atoms with Crippen LogP contribution in [-0.4, -0.2) is 33.4 Å². The number of aromatic nitrogens is 2. The third-order valence-corrected chi connectivity index (χ3v) is 5.02. The topological polar surface area (TPSA) is 80.4 Å². The smallest absolute Gasteiger partial charge is 0.261 e. The maximum absolute atomic E-state index is 12.7. The van der Waals surface area contributed by atoms with Gasteiger partial charge in [-0.05, 0) is 43.8 Å². The van der Waals surface area contributed by atoms with Crippen LogP contribution in [0.15, 0.2) is 39.8 Å². The monoisotopic (exact) mass is 382 g/mol. The van der Waals surface area contributed by atoms with E-state index in [4.69, 9.17) is 4.42 Å². The molecule has 1 amide bonds. The Kier molecular flexibility index (Phi) is 5.65. The van der Waals surface area contributed by atoms with Crippen molar-refractivity contribution in [1.29, 1.82) is 0 Å². The molecule has 0 bridgehead atoms. The maximum Gasteiger partial charge on any atom is 0.261 e. The molecule has 0 saturated carbocycles. The van der Waals surface area contributed by atoms with Gasteiger partial charge >= 0.3 is 0 Å².